The van der Waals surface area contributed by atoms with Gasteiger partial charge in [-0.3, -0.25) is 0 Å². The second kappa shape index (κ2) is 6.15. The van der Waals surface area contributed by atoms with Crippen molar-refractivity contribution < 1.29 is 8.42 Å². The molecule has 1 fully saturated rings. The van der Waals surface area contributed by atoms with Gasteiger partial charge in [0.1, 0.15) is 11.5 Å². The van der Waals surface area contributed by atoms with Crippen LogP contribution in [0.2, 0.25) is 5.15 Å². The molecule has 7 heteroatoms. The van der Waals surface area contributed by atoms with E-state index in [0.29, 0.717) is 11.7 Å². The van der Waals surface area contributed by atoms with Crippen LogP contribution in [0.4, 0.5) is 0 Å². The standard InChI is InChI=1S/C12H18ClN3O2S/c1-19(17,18)16-7-3-2-4-11(16)6-5-10-8-12(13)15-9-14-10/h8-9,11H,2-7H2,1H3/t11-/m0/s1. The number of hydrogen-bond acceptors (Lipinski definition) is 4. The van der Waals surface area contributed by atoms with Crippen LogP contribution in [0, 0.1) is 0 Å². The monoisotopic (exact) mass is 303 g/mol. The first-order valence-electron chi connectivity index (χ1n) is 6.40. The van der Waals surface area contributed by atoms with Crippen molar-refractivity contribution in [2.75, 3.05) is 12.8 Å². The van der Waals surface area contributed by atoms with Crippen LogP contribution in [0.15, 0.2) is 12.4 Å². The summed E-state index contributed by atoms with van der Waals surface area (Å²) in [4.78, 5) is 7.98. The third kappa shape index (κ3) is 4.12. The zero-order valence-electron chi connectivity index (χ0n) is 10.9. The van der Waals surface area contributed by atoms with Gasteiger partial charge in [-0.1, -0.05) is 18.0 Å². The van der Waals surface area contributed by atoms with Gasteiger partial charge in [-0.15, -0.1) is 0 Å². The van der Waals surface area contributed by atoms with E-state index in [0.717, 1.165) is 37.8 Å². The van der Waals surface area contributed by atoms with Crippen LogP contribution in [0.25, 0.3) is 0 Å². The van der Waals surface area contributed by atoms with Crippen molar-refractivity contribution >= 4 is 21.6 Å². The first-order valence-corrected chi connectivity index (χ1v) is 8.62. The van der Waals surface area contributed by atoms with Gasteiger partial charge in [-0.25, -0.2) is 18.4 Å². The molecule has 0 amide bonds. The van der Waals surface area contributed by atoms with Gasteiger partial charge in [-0.05, 0) is 31.7 Å². The number of piperidine rings is 1. The SMILES string of the molecule is CS(=O)(=O)N1CCCC[C@H]1CCc1cc(Cl)ncn1. The minimum Gasteiger partial charge on any atom is -0.241 e. The molecule has 0 N–H and O–H groups in total. The van der Waals surface area contributed by atoms with Crippen LogP contribution in [0.3, 0.4) is 0 Å². The zero-order chi connectivity index (χ0) is 13.9. The van der Waals surface area contributed by atoms with Crippen molar-refractivity contribution in [3.63, 3.8) is 0 Å². The van der Waals surface area contributed by atoms with Crippen molar-refractivity contribution in [3.05, 3.63) is 23.2 Å². The summed E-state index contributed by atoms with van der Waals surface area (Å²) in [6.07, 6.45) is 7.18. The Morgan fingerprint density at radius 1 is 1.42 bits per heavy atom. The highest BCUT2D eigenvalue weighted by Gasteiger charge is 2.28. The number of hydrogen-bond donors (Lipinski definition) is 0. The minimum atomic E-state index is -3.11. The summed E-state index contributed by atoms with van der Waals surface area (Å²) in [7, 11) is -3.11. The predicted molar refractivity (Wildman–Crippen MR) is 74.6 cm³/mol. The second-order valence-electron chi connectivity index (χ2n) is 4.89. The van der Waals surface area contributed by atoms with Gasteiger partial charge in [0, 0.05) is 18.3 Å². The average Bonchev–Trinajstić information content (AvgIpc) is 2.36. The maximum Gasteiger partial charge on any atom is 0.211 e. The molecule has 1 aromatic heterocycles. The molecule has 106 valence electrons. The fourth-order valence-electron chi connectivity index (χ4n) is 2.52. The summed E-state index contributed by atoms with van der Waals surface area (Å²) >= 11 is 5.81. The third-order valence-electron chi connectivity index (χ3n) is 3.42. The van der Waals surface area contributed by atoms with Crippen molar-refractivity contribution in [1.82, 2.24) is 14.3 Å². The minimum absolute atomic E-state index is 0.0810. The first-order chi connectivity index (χ1) is 8.97. The largest absolute Gasteiger partial charge is 0.241 e. The van der Waals surface area contributed by atoms with E-state index in [9.17, 15) is 8.42 Å². The van der Waals surface area contributed by atoms with E-state index in [1.165, 1.54) is 12.6 Å². The molecule has 19 heavy (non-hydrogen) atoms. The lowest BCUT2D eigenvalue weighted by Crippen LogP contribution is -2.43. The molecule has 2 rings (SSSR count). The predicted octanol–water partition coefficient (Wildman–Crippen LogP) is 1.88. The van der Waals surface area contributed by atoms with E-state index >= 15 is 0 Å². The van der Waals surface area contributed by atoms with Gasteiger partial charge in [0.05, 0.1) is 6.26 Å². The number of nitrogens with zero attached hydrogens (tertiary/aromatic N) is 3. The normalized spacial score (nSPS) is 21.5. The molecule has 0 unspecified atom stereocenters. The molecule has 0 bridgehead atoms. The summed E-state index contributed by atoms with van der Waals surface area (Å²) in [5.41, 5.74) is 0.860. The van der Waals surface area contributed by atoms with E-state index in [2.05, 4.69) is 9.97 Å². The lowest BCUT2D eigenvalue weighted by Gasteiger charge is -2.33. The van der Waals surface area contributed by atoms with Crippen LogP contribution < -0.4 is 0 Å². The van der Waals surface area contributed by atoms with E-state index in [1.807, 2.05) is 0 Å². The highest BCUT2D eigenvalue weighted by Crippen LogP contribution is 2.23. The number of sulfonamides is 1. The van der Waals surface area contributed by atoms with Crippen LogP contribution in [0.5, 0.6) is 0 Å². The fraction of sp³-hybridized carbons (Fsp3) is 0.667. The first kappa shape index (κ1) is 14.7. The molecular weight excluding hydrogens is 286 g/mol. The lowest BCUT2D eigenvalue weighted by atomic mass is 9.99. The molecule has 0 saturated carbocycles. The lowest BCUT2D eigenvalue weighted by molar-refractivity contribution is 0.242. The molecule has 2 heterocycles. The van der Waals surface area contributed by atoms with Gasteiger partial charge < -0.3 is 0 Å². The average molecular weight is 304 g/mol. The number of rotatable bonds is 4. The van der Waals surface area contributed by atoms with Crippen LogP contribution in [0.1, 0.15) is 31.4 Å². The summed E-state index contributed by atoms with van der Waals surface area (Å²) < 4.78 is 25.1. The number of aryl methyl sites for hydroxylation is 1. The van der Waals surface area contributed by atoms with E-state index < -0.39 is 10.0 Å². The summed E-state index contributed by atoms with van der Waals surface area (Å²) in [6, 6.07) is 1.81. The summed E-state index contributed by atoms with van der Waals surface area (Å²) in [5.74, 6) is 0. The van der Waals surface area contributed by atoms with Gasteiger partial charge >= 0.3 is 0 Å². The molecule has 1 saturated heterocycles. The van der Waals surface area contributed by atoms with Gasteiger partial charge in [0.2, 0.25) is 10.0 Å². The Morgan fingerprint density at radius 3 is 2.89 bits per heavy atom. The Hall–Kier alpha value is -0.720. The molecule has 0 aliphatic carbocycles. The quantitative estimate of drug-likeness (QED) is 0.797. The molecule has 1 aliphatic heterocycles. The van der Waals surface area contributed by atoms with E-state index in [-0.39, 0.29) is 6.04 Å². The molecule has 5 nitrogen and oxygen atoms in total. The van der Waals surface area contributed by atoms with E-state index in [4.69, 9.17) is 11.6 Å². The Morgan fingerprint density at radius 2 is 2.21 bits per heavy atom. The van der Waals surface area contributed by atoms with Gasteiger partial charge in [0.15, 0.2) is 0 Å². The van der Waals surface area contributed by atoms with Crippen LogP contribution in [-0.2, 0) is 16.4 Å². The third-order valence-corrected chi connectivity index (χ3v) is 4.96. The Kier molecular flexibility index (Phi) is 4.76. The Balaban J connectivity index is 2.01. The smallest absolute Gasteiger partial charge is 0.211 e. The maximum atomic E-state index is 11.7. The molecule has 1 aromatic rings. The summed E-state index contributed by atoms with van der Waals surface area (Å²) in [5, 5.41) is 0.425. The fourth-order valence-corrected chi connectivity index (χ4v) is 3.90. The van der Waals surface area contributed by atoms with Gasteiger partial charge in [-0.2, -0.15) is 4.31 Å². The zero-order valence-corrected chi connectivity index (χ0v) is 12.5. The molecular formula is C12H18ClN3O2S. The summed E-state index contributed by atoms with van der Waals surface area (Å²) in [6.45, 7) is 0.633. The molecule has 0 aromatic carbocycles. The van der Waals surface area contributed by atoms with Crippen molar-refractivity contribution in [2.45, 2.75) is 38.1 Å². The Labute approximate surface area is 119 Å². The highest BCUT2D eigenvalue weighted by molar-refractivity contribution is 7.88. The van der Waals surface area contributed by atoms with Crippen molar-refractivity contribution in [2.24, 2.45) is 0 Å². The maximum absolute atomic E-state index is 11.7. The molecule has 1 atom stereocenters. The Bertz CT molecular complexity index is 536. The topological polar surface area (TPSA) is 63.2 Å². The second-order valence-corrected chi connectivity index (χ2v) is 7.22. The van der Waals surface area contributed by atoms with Crippen molar-refractivity contribution in [3.8, 4) is 0 Å². The van der Waals surface area contributed by atoms with E-state index in [1.54, 1.807) is 10.4 Å². The van der Waals surface area contributed by atoms with Crippen LogP contribution in [-0.4, -0.2) is 41.5 Å². The highest BCUT2D eigenvalue weighted by atomic mass is 35.5. The number of aromatic nitrogens is 2. The molecule has 0 radical (unpaired) electrons. The van der Waals surface area contributed by atoms with Gasteiger partial charge in [0.25, 0.3) is 0 Å². The molecule has 0 spiro atoms. The van der Waals surface area contributed by atoms with Crippen molar-refractivity contribution in [1.29, 1.82) is 0 Å². The van der Waals surface area contributed by atoms with Crippen LogP contribution >= 0.6 is 11.6 Å². The number of halogens is 1. The molecule has 1 aliphatic rings.